The first-order valence-corrected chi connectivity index (χ1v) is 9.77. The second-order valence-electron chi connectivity index (χ2n) is 5.54. The van der Waals surface area contributed by atoms with Gasteiger partial charge in [0.05, 0.1) is 13.2 Å². The zero-order valence-electron chi connectivity index (χ0n) is 12.6. The molecule has 2 unspecified atom stereocenters. The molecule has 22 heavy (non-hydrogen) atoms. The van der Waals surface area contributed by atoms with Crippen LogP contribution < -0.4 is 0 Å². The largest absolute Gasteiger partial charge is 0.508 e. The number of thioether (sulfide) groups is 2. The van der Waals surface area contributed by atoms with E-state index in [0.717, 1.165) is 37.2 Å². The minimum Gasteiger partial charge on any atom is -0.434 e. The van der Waals surface area contributed by atoms with Gasteiger partial charge in [0, 0.05) is 23.3 Å². The second kappa shape index (κ2) is 9.45. The normalized spacial score (nSPS) is 24.7. The van der Waals surface area contributed by atoms with E-state index in [0.29, 0.717) is 26.1 Å². The molecular weight excluding hydrogens is 324 g/mol. The Morgan fingerprint density at radius 2 is 1.36 bits per heavy atom. The van der Waals surface area contributed by atoms with Crippen LogP contribution in [-0.2, 0) is 19.1 Å². The molecule has 0 aliphatic carbocycles. The molecule has 0 amide bonds. The highest BCUT2D eigenvalue weighted by molar-refractivity contribution is 8.14. The Hall–Kier alpha value is -0.690. The van der Waals surface area contributed by atoms with Crippen molar-refractivity contribution in [3.63, 3.8) is 0 Å². The maximum atomic E-state index is 11.4. The number of ether oxygens (including phenoxy) is 2. The summed E-state index contributed by atoms with van der Waals surface area (Å²) in [6, 6.07) is 0. The lowest BCUT2D eigenvalue weighted by Crippen LogP contribution is -2.12. The molecule has 0 aromatic heterocycles. The molecular formula is C15H22O5S2. The Balaban J connectivity index is 1.44. The van der Waals surface area contributed by atoms with E-state index in [1.165, 1.54) is 23.5 Å². The molecule has 0 saturated carbocycles. The van der Waals surface area contributed by atoms with Gasteiger partial charge in [0.1, 0.15) is 0 Å². The van der Waals surface area contributed by atoms with Gasteiger partial charge in [0.15, 0.2) is 10.2 Å². The zero-order valence-corrected chi connectivity index (χ0v) is 14.2. The van der Waals surface area contributed by atoms with E-state index in [1.54, 1.807) is 0 Å². The lowest BCUT2D eigenvalue weighted by molar-refractivity contribution is -0.114. The van der Waals surface area contributed by atoms with Crippen LogP contribution in [0.25, 0.3) is 0 Å². The highest BCUT2D eigenvalue weighted by Crippen LogP contribution is 2.29. The molecule has 2 fully saturated rings. The summed E-state index contributed by atoms with van der Waals surface area (Å²) in [4.78, 5) is 34.2. The van der Waals surface area contributed by atoms with Gasteiger partial charge in [-0.05, 0) is 38.5 Å². The quantitative estimate of drug-likeness (QED) is 0.493. The maximum absolute atomic E-state index is 11.4. The lowest BCUT2D eigenvalue weighted by Gasteiger charge is -2.09. The van der Waals surface area contributed by atoms with Gasteiger partial charge >= 0.3 is 6.16 Å². The predicted octanol–water partition coefficient (Wildman–Crippen LogP) is 3.26. The average Bonchev–Trinajstić information content (AvgIpc) is 3.09. The number of carbonyl (C=O) groups excluding carboxylic acids is 3. The number of hydrogen-bond donors (Lipinski definition) is 0. The highest BCUT2D eigenvalue weighted by Gasteiger charge is 2.25. The topological polar surface area (TPSA) is 69.7 Å². The Morgan fingerprint density at radius 3 is 1.73 bits per heavy atom. The van der Waals surface area contributed by atoms with Crippen LogP contribution in [0.5, 0.6) is 0 Å². The van der Waals surface area contributed by atoms with Gasteiger partial charge in [-0.2, -0.15) is 0 Å². The van der Waals surface area contributed by atoms with Gasteiger partial charge < -0.3 is 9.47 Å². The van der Waals surface area contributed by atoms with Crippen molar-refractivity contribution in [1.82, 2.24) is 0 Å². The molecule has 2 aliphatic heterocycles. The van der Waals surface area contributed by atoms with Crippen LogP contribution in [0.2, 0.25) is 0 Å². The number of carbonyl (C=O) groups is 3. The lowest BCUT2D eigenvalue weighted by atomic mass is 10.0. The monoisotopic (exact) mass is 346 g/mol. The molecule has 0 radical (unpaired) electrons. The van der Waals surface area contributed by atoms with Crippen molar-refractivity contribution in [2.24, 2.45) is 11.8 Å². The molecule has 0 aromatic carbocycles. The Kier molecular flexibility index (Phi) is 7.59. The third kappa shape index (κ3) is 5.83. The first kappa shape index (κ1) is 17.7. The van der Waals surface area contributed by atoms with Crippen LogP contribution in [-0.4, -0.2) is 41.1 Å². The van der Waals surface area contributed by atoms with Crippen molar-refractivity contribution in [1.29, 1.82) is 0 Å². The minimum absolute atomic E-state index is 0.131. The summed E-state index contributed by atoms with van der Waals surface area (Å²) < 4.78 is 9.96. The summed E-state index contributed by atoms with van der Waals surface area (Å²) in [5, 5.41) is 0.532. The summed E-state index contributed by atoms with van der Waals surface area (Å²) in [6.45, 7) is 0.593. The predicted molar refractivity (Wildman–Crippen MR) is 86.9 cm³/mol. The molecule has 124 valence electrons. The molecule has 2 heterocycles. The van der Waals surface area contributed by atoms with E-state index in [-0.39, 0.29) is 22.1 Å². The molecule has 7 heteroatoms. The van der Waals surface area contributed by atoms with Crippen LogP contribution in [0.3, 0.4) is 0 Å². The SMILES string of the molecule is O=C(OCCCC1CCSC1=O)OCCCC1CCSC1=O. The van der Waals surface area contributed by atoms with E-state index in [4.69, 9.17) is 9.47 Å². The smallest absolute Gasteiger partial charge is 0.434 e. The molecule has 2 rings (SSSR count). The van der Waals surface area contributed by atoms with Gasteiger partial charge in [-0.3, -0.25) is 9.59 Å². The molecule has 2 aliphatic rings. The Morgan fingerprint density at radius 1 is 0.909 bits per heavy atom. The maximum Gasteiger partial charge on any atom is 0.508 e. The first-order chi connectivity index (χ1) is 10.7. The van der Waals surface area contributed by atoms with Crippen molar-refractivity contribution in [3.8, 4) is 0 Å². The second-order valence-corrected chi connectivity index (χ2v) is 7.74. The molecule has 0 aromatic rings. The van der Waals surface area contributed by atoms with Gasteiger partial charge in [-0.1, -0.05) is 23.5 Å². The number of hydrogen-bond acceptors (Lipinski definition) is 7. The molecule has 0 bridgehead atoms. The van der Waals surface area contributed by atoms with Crippen molar-refractivity contribution >= 4 is 39.9 Å². The molecule has 2 atom stereocenters. The third-order valence-electron chi connectivity index (χ3n) is 3.92. The van der Waals surface area contributed by atoms with Gasteiger partial charge in [-0.25, -0.2) is 4.79 Å². The van der Waals surface area contributed by atoms with Gasteiger partial charge in [-0.15, -0.1) is 0 Å². The van der Waals surface area contributed by atoms with Crippen LogP contribution in [0.15, 0.2) is 0 Å². The van der Waals surface area contributed by atoms with Crippen molar-refractivity contribution in [2.75, 3.05) is 24.7 Å². The Bertz CT molecular complexity index is 377. The van der Waals surface area contributed by atoms with Crippen LogP contribution in [0.1, 0.15) is 38.5 Å². The summed E-state index contributed by atoms with van der Waals surface area (Å²) in [5.74, 6) is 2.08. The fourth-order valence-electron chi connectivity index (χ4n) is 2.61. The van der Waals surface area contributed by atoms with Crippen molar-refractivity contribution in [3.05, 3.63) is 0 Å². The fourth-order valence-corrected chi connectivity index (χ4v) is 4.76. The van der Waals surface area contributed by atoms with Crippen molar-refractivity contribution in [2.45, 2.75) is 38.5 Å². The summed E-state index contributed by atoms with van der Waals surface area (Å²) in [7, 11) is 0. The molecule has 0 N–H and O–H groups in total. The van der Waals surface area contributed by atoms with Crippen LogP contribution in [0.4, 0.5) is 4.79 Å². The summed E-state index contributed by atoms with van der Waals surface area (Å²) in [5.41, 5.74) is 0. The van der Waals surface area contributed by atoms with Gasteiger partial charge in [0.25, 0.3) is 0 Å². The van der Waals surface area contributed by atoms with Gasteiger partial charge in [0.2, 0.25) is 0 Å². The molecule has 0 spiro atoms. The van der Waals surface area contributed by atoms with Crippen LogP contribution >= 0.6 is 23.5 Å². The van der Waals surface area contributed by atoms with E-state index < -0.39 is 6.16 Å². The van der Waals surface area contributed by atoms with Crippen molar-refractivity contribution < 1.29 is 23.9 Å². The van der Waals surface area contributed by atoms with E-state index in [9.17, 15) is 14.4 Å². The zero-order chi connectivity index (χ0) is 15.8. The molecule has 5 nitrogen and oxygen atoms in total. The fraction of sp³-hybridized carbons (Fsp3) is 0.800. The van der Waals surface area contributed by atoms with E-state index in [2.05, 4.69) is 0 Å². The standard InChI is InChI=1S/C15H22O5S2/c16-13-11(5-9-21-13)3-1-7-19-15(18)20-8-2-4-12-6-10-22-14(12)17/h11-12H,1-10H2. The molecule has 2 saturated heterocycles. The van der Waals surface area contributed by atoms with Crippen LogP contribution in [0, 0.1) is 11.8 Å². The number of rotatable bonds is 8. The van der Waals surface area contributed by atoms with E-state index >= 15 is 0 Å². The van der Waals surface area contributed by atoms with E-state index in [1.807, 2.05) is 0 Å². The summed E-state index contributed by atoms with van der Waals surface area (Å²) >= 11 is 2.79. The third-order valence-corrected chi connectivity index (χ3v) is 6.04. The average molecular weight is 346 g/mol. The summed E-state index contributed by atoms with van der Waals surface area (Å²) in [6.07, 6.45) is 4.17. The highest BCUT2D eigenvalue weighted by atomic mass is 32.2. The Labute approximate surface area is 139 Å². The first-order valence-electron chi connectivity index (χ1n) is 7.79. The minimum atomic E-state index is -0.653.